The topological polar surface area (TPSA) is 85.5 Å². The zero-order valence-corrected chi connectivity index (χ0v) is 19.7. The lowest BCUT2D eigenvalue weighted by Gasteiger charge is -2.35. The number of carbonyl (C=O) groups excluding carboxylic acids is 3. The van der Waals surface area contributed by atoms with E-state index in [-0.39, 0.29) is 17.8 Å². The molecule has 1 atom stereocenters. The first-order chi connectivity index (χ1) is 16.5. The molecular formula is C27H30N4O3. The first kappa shape index (κ1) is 22.2. The molecule has 4 amide bonds. The average Bonchev–Trinajstić information content (AvgIpc) is 3.32. The third kappa shape index (κ3) is 3.38. The monoisotopic (exact) mass is 458 g/mol. The highest BCUT2D eigenvalue weighted by Gasteiger charge is 2.59. The van der Waals surface area contributed by atoms with Crippen molar-refractivity contribution in [2.24, 2.45) is 0 Å². The Labute approximate surface area is 199 Å². The number of H-pyrrole nitrogens is 1. The Bertz CT molecular complexity index is 1280. The summed E-state index contributed by atoms with van der Waals surface area (Å²) in [7, 11) is 0. The lowest BCUT2D eigenvalue weighted by Crippen LogP contribution is -2.49. The molecule has 0 unspecified atom stereocenters. The molecule has 2 aromatic carbocycles. The molecule has 1 saturated heterocycles. The molecule has 0 bridgehead atoms. The van der Waals surface area contributed by atoms with Crippen LogP contribution < -0.4 is 10.2 Å². The van der Waals surface area contributed by atoms with Crippen molar-refractivity contribution in [2.75, 3.05) is 18.0 Å². The van der Waals surface area contributed by atoms with E-state index in [1.54, 1.807) is 29.2 Å². The fraction of sp³-hybridized carbons (Fsp3) is 0.370. The van der Waals surface area contributed by atoms with E-state index in [4.69, 9.17) is 0 Å². The number of rotatable bonds is 7. The van der Waals surface area contributed by atoms with E-state index in [0.717, 1.165) is 47.8 Å². The molecule has 3 heterocycles. The molecule has 0 saturated carbocycles. The van der Waals surface area contributed by atoms with Crippen molar-refractivity contribution in [1.29, 1.82) is 0 Å². The fourth-order valence-electron chi connectivity index (χ4n) is 5.26. The SMILES string of the molecule is CCCCCCNC(=O)c1cccc(N2C(=O)N3CCc4c([nH]c5ccccc45)[C@@]3(C)C2=O)c1. The summed E-state index contributed by atoms with van der Waals surface area (Å²) >= 11 is 0. The second-order valence-electron chi connectivity index (χ2n) is 9.29. The normalized spacial score (nSPS) is 19.5. The van der Waals surface area contributed by atoms with Gasteiger partial charge in [-0.25, -0.2) is 9.69 Å². The van der Waals surface area contributed by atoms with Gasteiger partial charge in [-0.15, -0.1) is 0 Å². The minimum absolute atomic E-state index is 0.195. The summed E-state index contributed by atoms with van der Waals surface area (Å²) in [6.07, 6.45) is 4.99. The van der Waals surface area contributed by atoms with Crippen molar-refractivity contribution >= 4 is 34.4 Å². The highest BCUT2D eigenvalue weighted by atomic mass is 16.2. The Morgan fingerprint density at radius 2 is 1.91 bits per heavy atom. The third-order valence-electron chi connectivity index (χ3n) is 7.15. The Morgan fingerprint density at radius 3 is 2.74 bits per heavy atom. The van der Waals surface area contributed by atoms with E-state index in [1.165, 1.54) is 4.90 Å². The predicted octanol–water partition coefficient (Wildman–Crippen LogP) is 4.72. The van der Waals surface area contributed by atoms with Crippen molar-refractivity contribution in [2.45, 2.75) is 51.5 Å². The van der Waals surface area contributed by atoms with Crippen LogP contribution in [0.2, 0.25) is 0 Å². The molecule has 0 radical (unpaired) electrons. The number of hydrogen-bond donors (Lipinski definition) is 2. The molecule has 7 heteroatoms. The van der Waals surface area contributed by atoms with Crippen LogP contribution in [0.5, 0.6) is 0 Å². The van der Waals surface area contributed by atoms with Crippen molar-refractivity contribution in [3.63, 3.8) is 0 Å². The second-order valence-corrected chi connectivity index (χ2v) is 9.29. The van der Waals surface area contributed by atoms with Gasteiger partial charge in [0, 0.05) is 29.6 Å². The first-order valence-corrected chi connectivity index (χ1v) is 12.1. The van der Waals surface area contributed by atoms with Crippen molar-refractivity contribution in [3.8, 4) is 0 Å². The molecule has 176 valence electrons. The second kappa shape index (κ2) is 8.63. The van der Waals surface area contributed by atoms with E-state index in [9.17, 15) is 14.4 Å². The highest BCUT2D eigenvalue weighted by molar-refractivity contribution is 6.24. The zero-order chi connectivity index (χ0) is 23.9. The molecule has 7 nitrogen and oxygen atoms in total. The zero-order valence-electron chi connectivity index (χ0n) is 19.7. The van der Waals surface area contributed by atoms with Crippen LogP contribution >= 0.6 is 0 Å². The van der Waals surface area contributed by atoms with Gasteiger partial charge in [-0.1, -0.05) is 50.5 Å². The predicted molar refractivity (Wildman–Crippen MR) is 132 cm³/mol. The number of fused-ring (bicyclic) bond motifs is 5. The number of amides is 4. The van der Waals surface area contributed by atoms with E-state index in [1.807, 2.05) is 31.2 Å². The molecule has 0 aliphatic carbocycles. The summed E-state index contributed by atoms with van der Waals surface area (Å²) in [5.41, 5.74) is 2.58. The number of aromatic amines is 1. The summed E-state index contributed by atoms with van der Waals surface area (Å²) in [6, 6.07) is 14.4. The molecule has 2 aliphatic rings. The van der Waals surface area contributed by atoms with Crippen LogP contribution in [0.15, 0.2) is 48.5 Å². The molecule has 2 N–H and O–H groups in total. The fourth-order valence-corrected chi connectivity index (χ4v) is 5.26. The van der Waals surface area contributed by atoms with Gasteiger partial charge >= 0.3 is 6.03 Å². The molecular weight excluding hydrogens is 428 g/mol. The van der Waals surface area contributed by atoms with Crippen molar-refractivity contribution in [1.82, 2.24) is 15.2 Å². The minimum Gasteiger partial charge on any atom is -0.356 e. The van der Waals surface area contributed by atoms with E-state index < -0.39 is 5.54 Å². The van der Waals surface area contributed by atoms with Gasteiger partial charge in [0.1, 0.15) is 0 Å². The van der Waals surface area contributed by atoms with E-state index in [0.29, 0.717) is 30.8 Å². The number of imide groups is 1. The molecule has 0 spiro atoms. The van der Waals surface area contributed by atoms with Crippen LogP contribution in [0.1, 0.15) is 61.1 Å². The van der Waals surface area contributed by atoms with Gasteiger partial charge in [0.25, 0.3) is 11.8 Å². The summed E-state index contributed by atoms with van der Waals surface area (Å²) in [4.78, 5) is 46.2. The van der Waals surface area contributed by atoms with Crippen molar-refractivity contribution in [3.05, 3.63) is 65.4 Å². The molecule has 3 aromatic rings. The Hall–Kier alpha value is -3.61. The maximum absolute atomic E-state index is 13.8. The van der Waals surface area contributed by atoms with Gasteiger partial charge in [-0.2, -0.15) is 0 Å². The number of urea groups is 1. The number of anilines is 1. The van der Waals surface area contributed by atoms with Crippen LogP contribution in [0.25, 0.3) is 10.9 Å². The summed E-state index contributed by atoms with van der Waals surface area (Å²) < 4.78 is 0. The van der Waals surface area contributed by atoms with Crippen LogP contribution in [0.4, 0.5) is 10.5 Å². The number of benzene rings is 2. The summed E-state index contributed by atoms with van der Waals surface area (Å²) in [5.74, 6) is -0.499. The molecule has 5 rings (SSSR count). The highest BCUT2D eigenvalue weighted by Crippen LogP contribution is 2.45. The van der Waals surface area contributed by atoms with Crippen LogP contribution in [-0.2, 0) is 16.8 Å². The lowest BCUT2D eigenvalue weighted by atomic mass is 9.87. The smallest absolute Gasteiger partial charge is 0.332 e. The van der Waals surface area contributed by atoms with Gasteiger partial charge in [0.15, 0.2) is 5.54 Å². The van der Waals surface area contributed by atoms with Gasteiger partial charge < -0.3 is 15.2 Å². The Balaban J connectivity index is 1.43. The van der Waals surface area contributed by atoms with Gasteiger partial charge in [0.2, 0.25) is 0 Å². The number of nitrogens with zero attached hydrogens (tertiary/aromatic N) is 2. The largest absolute Gasteiger partial charge is 0.356 e. The minimum atomic E-state index is -1.11. The number of unbranched alkanes of at least 4 members (excludes halogenated alkanes) is 3. The van der Waals surface area contributed by atoms with Crippen LogP contribution in [0, 0.1) is 0 Å². The van der Waals surface area contributed by atoms with Crippen molar-refractivity contribution < 1.29 is 14.4 Å². The molecule has 1 fully saturated rings. The third-order valence-corrected chi connectivity index (χ3v) is 7.15. The van der Waals surface area contributed by atoms with E-state index >= 15 is 0 Å². The number of aromatic nitrogens is 1. The quantitative estimate of drug-likeness (QED) is 0.397. The van der Waals surface area contributed by atoms with Gasteiger partial charge in [0.05, 0.1) is 11.4 Å². The average molecular weight is 459 g/mol. The Morgan fingerprint density at radius 1 is 1.09 bits per heavy atom. The number of nitrogens with one attached hydrogen (secondary N) is 2. The molecule has 1 aromatic heterocycles. The molecule has 34 heavy (non-hydrogen) atoms. The number of hydrogen-bond acceptors (Lipinski definition) is 3. The maximum atomic E-state index is 13.8. The molecule has 2 aliphatic heterocycles. The van der Waals surface area contributed by atoms with Crippen LogP contribution in [-0.4, -0.2) is 40.8 Å². The van der Waals surface area contributed by atoms with Crippen LogP contribution in [0.3, 0.4) is 0 Å². The summed E-state index contributed by atoms with van der Waals surface area (Å²) in [6.45, 7) is 5.04. The number of para-hydroxylation sites is 1. The van der Waals surface area contributed by atoms with Gasteiger partial charge in [-0.3, -0.25) is 9.59 Å². The Kier molecular flexibility index (Phi) is 5.63. The first-order valence-electron chi connectivity index (χ1n) is 12.1. The maximum Gasteiger partial charge on any atom is 0.332 e. The van der Waals surface area contributed by atoms with Gasteiger partial charge in [-0.05, 0) is 49.6 Å². The lowest BCUT2D eigenvalue weighted by molar-refractivity contribution is -0.125. The summed E-state index contributed by atoms with van der Waals surface area (Å²) in [5, 5.41) is 4.03. The standard InChI is InChI=1S/C27H30N4O3/c1-3-4-5-8-15-28-24(32)18-10-9-11-19(17-18)31-25(33)27(2)23-21(14-16-30(27)26(31)34)20-12-6-7-13-22(20)29-23/h6-7,9-13,17,29H,3-5,8,14-16H2,1-2H3,(H,28,32)/t27-/m0/s1. The van der Waals surface area contributed by atoms with E-state index in [2.05, 4.69) is 17.2 Å². The number of carbonyl (C=O) groups is 3.